The topological polar surface area (TPSA) is 73.3 Å². The van der Waals surface area contributed by atoms with Gasteiger partial charge >= 0.3 is 5.97 Å². The van der Waals surface area contributed by atoms with Gasteiger partial charge in [0.2, 0.25) is 0 Å². The molecular weight excluding hydrogens is 234 g/mol. The highest BCUT2D eigenvalue weighted by Crippen LogP contribution is 2.14. The fourth-order valence-corrected chi connectivity index (χ4v) is 1.52. The molecule has 0 bridgehead atoms. The largest absolute Gasteiger partial charge is 0.465 e. The standard InChI is InChI=1S/C13H15NO4/c1-3-18-13(17)11(7-9(2)15)12(16)10-5-4-6-14-8-10/h4-6,8,11H,3,7H2,1-2H3. The molecule has 0 amide bonds. The second-order valence-corrected chi connectivity index (χ2v) is 3.82. The van der Waals surface area contributed by atoms with Crippen LogP contribution in [0, 0.1) is 5.92 Å². The summed E-state index contributed by atoms with van der Waals surface area (Å²) in [7, 11) is 0. The van der Waals surface area contributed by atoms with E-state index < -0.39 is 17.7 Å². The summed E-state index contributed by atoms with van der Waals surface area (Å²) in [6.45, 7) is 3.16. The number of rotatable bonds is 6. The minimum atomic E-state index is -1.08. The minimum Gasteiger partial charge on any atom is -0.465 e. The first-order valence-corrected chi connectivity index (χ1v) is 5.66. The minimum absolute atomic E-state index is 0.146. The summed E-state index contributed by atoms with van der Waals surface area (Å²) in [5.74, 6) is -2.41. The van der Waals surface area contributed by atoms with Crippen LogP contribution in [-0.2, 0) is 14.3 Å². The zero-order valence-electron chi connectivity index (χ0n) is 10.4. The average molecular weight is 249 g/mol. The molecule has 1 rings (SSSR count). The Morgan fingerprint density at radius 3 is 2.61 bits per heavy atom. The van der Waals surface area contributed by atoms with Gasteiger partial charge in [-0.2, -0.15) is 0 Å². The summed E-state index contributed by atoms with van der Waals surface area (Å²) in [6.07, 6.45) is 2.75. The van der Waals surface area contributed by atoms with E-state index in [1.165, 1.54) is 19.3 Å². The highest BCUT2D eigenvalue weighted by atomic mass is 16.5. The Morgan fingerprint density at radius 2 is 2.11 bits per heavy atom. The lowest BCUT2D eigenvalue weighted by Gasteiger charge is -2.12. The molecule has 1 unspecified atom stereocenters. The molecule has 0 aliphatic carbocycles. The van der Waals surface area contributed by atoms with Crippen molar-refractivity contribution in [3.05, 3.63) is 30.1 Å². The van der Waals surface area contributed by atoms with E-state index in [1.54, 1.807) is 19.1 Å². The van der Waals surface area contributed by atoms with Gasteiger partial charge in [-0.15, -0.1) is 0 Å². The van der Waals surface area contributed by atoms with Crippen LogP contribution in [-0.4, -0.2) is 29.1 Å². The smallest absolute Gasteiger partial charge is 0.317 e. The summed E-state index contributed by atoms with van der Waals surface area (Å²) in [6, 6.07) is 3.16. The molecule has 96 valence electrons. The number of carbonyl (C=O) groups is 3. The first-order chi connectivity index (χ1) is 8.56. The SMILES string of the molecule is CCOC(=O)C(CC(C)=O)C(=O)c1cccnc1. The Kier molecular flexibility index (Phi) is 5.17. The number of aromatic nitrogens is 1. The highest BCUT2D eigenvalue weighted by Gasteiger charge is 2.30. The van der Waals surface area contributed by atoms with Gasteiger partial charge in [-0.3, -0.25) is 19.4 Å². The Hall–Kier alpha value is -2.04. The second kappa shape index (κ2) is 6.64. The van der Waals surface area contributed by atoms with Gasteiger partial charge < -0.3 is 4.74 Å². The molecular formula is C13H15NO4. The van der Waals surface area contributed by atoms with Crippen molar-refractivity contribution in [3.63, 3.8) is 0 Å². The molecule has 1 atom stereocenters. The van der Waals surface area contributed by atoms with Gasteiger partial charge in [-0.05, 0) is 26.0 Å². The maximum Gasteiger partial charge on any atom is 0.317 e. The molecule has 0 saturated heterocycles. The number of esters is 1. The monoisotopic (exact) mass is 249 g/mol. The van der Waals surface area contributed by atoms with Crippen molar-refractivity contribution in [3.8, 4) is 0 Å². The predicted molar refractivity (Wildman–Crippen MR) is 64.0 cm³/mol. The maximum atomic E-state index is 12.1. The zero-order valence-corrected chi connectivity index (χ0v) is 10.4. The lowest BCUT2D eigenvalue weighted by molar-refractivity contribution is -0.147. The van der Waals surface area contributed by atoms with Crippen LogP contribution in [0.15, 0.2) is 24.5 Å². The van der Waals surface area contributed by atoms with Crippen LogP contribution in [0.1, 0.15) is 30.6 Å². The number of hydrogen-bond acceptors (Lipinski definition) is 5. The number of carbonyl (C=O) groups excluding carboxylic acids is 3. The van der Waals surface area contributed by atoms with E-state index in [1.807, 2.05) is 0 Å². The van der Waals surface area contributed by atoms with Crippen LogP contribution >= 0.6 is 0 Å². The summed E-state index contributed by atoms with van der Waals surface area (Å²) < 4.78 is 4.82. The fraction of sp³-hybridized carbons (Fsp3) is 0.385. The number of pyridine rings is 1. The van der Waals surface area contributed by atoms with Crippen molar-refractivity contribution in [2.24, 2.45) is 5.92 Å². The van der Waals surface area contributed by atoms with E-state index in [0.29, 0.717) is 5.56 Å². The summed E-state index contributed by atoms with van der Waals surface area (Å²) in [4.78, 5) is 38.7. The molecule has 5 heteroatoms. The van der Waals surface area contributed by atoms with Gasteiger partial charge in [-0.25, -0.2) is 0 Å². The Balaban J connectivity index is 2.92. The number of ketones is 2. The van der Waals surface area contributed by atoms with Crippen molar-refractivity contribution in [2.75, 3.05) is 6.61 Å². The van der Waals surface area contributed by atoms with Crippen LogP contribution in [0.25, 0.3) is 0 Å². The quantitative estimate of drug-likeness (QED) is 0.433. The van der Waals surface area contributed by atoms with E-state index in [9.17, 15) is 14.4 Å². The molecule has 0 spiro atoms. The van der Waals surface area contributed by atoms with Crippen molar-refractivity contribution in [2.45, 2.75) is 20.3 Å². The Labute approximate surface area is 105 Å². The first-order valence-electron chi connectivity index (χ1n) is 5.66. The molecule has 0 aliphatic rings. The molecule has 0 aliphatic heterocycles. The van der Waals surface area contributed by atoms with E-state index >= 15 is 0 Å². The van der Waals surface area contributed by atoms with Crippen molar-refractivity contribution < 1.29 is 19.1 Å². The number of nitrogens with zero attached hydrogens (tertiary/aromatic N) is 1. The molecule has 1 heterocycles. The van der Waals surface area contributed by atoms with E-state index in [2.05, 4.69) is 4.98 Å². The molecule has 0 aromatic carbocycles. The summed E-state index contributed by atoms with van der Waals surface area (Å²) in [5, 5.41) is 0. The Bertz CT molecular complexity index is 442. The Morgan fingerprint density at radius 1 is 1.39 bits per heavy atom. The van der Waals surface area contributed by atoms with Crippen molar-refractivity contribution >= 4 is 17.5 Å². The second-order valence-electron chi connectivity index (χ2n) is 3.82. The van der Waals surface area contributed by atoms with Gasteiger partial charge in [0.05, 0.1) is 6.61 Å². The van der Waals surface area contributed by atoms with Gasteiger partial charge in [0, 0.05) is 24.4 Å². The molecule has 0 radical (unpaired) electrons. The van der Waals surface area contributed by atoms with Gasteiger partial charge in [0.15, 0.2) is 5.78 Å². The van der Waals surface area contributed by atoms with Gasteiger partial charge in [-0.1, -0.05) is 0 Å². The molecule has 5 nitrogen and oxygen atoms in total. The fourth-order valence-electron chi connectivity index (χ4n) is 1.52. The van der Waals surface area contributed by atoms with Crippen molar-refractivity contribution in [1.29, 1.82) is 0 Å². The maximum absolute atomic E-state index is 12.1. The number of ether oxygens (including phenoxy) is 1. The molecule has 0 fully saturated rings. The van der Waals surface area contributed by atoms with E-state index in [-0.39, 0.29) is 18.8 Å². The summed E-state index contributed by atoms with van der Waals surface area (Å²) >= 11 is 0. The van der Waals surface area contributed by atoms with Crippen LogP contribution in [0.4, 0.5) is 0 Å². The number of hydrogen-bond donors (Lipinski definition) is 0. The lowest BCUT2D eigenvalue weighted by Crippen LogP contribution is -2.28. The van der Waals surface area contributed by atoms with E-state index in [4.69, 9.17) is 4.74 Å². The van der Waals surface area contributed by atoms with Crippen LogP contribution < -0.4 is 0 Å². The predicted octanol–water partition coefficient (Wildman–Crippen LogP) is 1.42. The third-order valence-electron chi connectivity index (χ3n) is 2.33. The van der Waals surface area contributed by atoms with Crippen molar-refractivity contribution in [1.82, 2.24) is 4.98 Å². The average Bonchev–Trinajstić information content (AvgIpc) is 2.36. The third kappa shape index (κ3) is 3.76. The normalized spacial score (nSPS) is 11.7. The van der Waals surface area contributed by atoms with Gasteiger partial charge in [0.1, 0.15) is 11.7 Å². The van der Waals surface area contributed by atoms with Crippen LogP contribution in [0.3, 0.4) is 0 Å². The summed E-state index contributed by atoms with van der Waals surface area (Å²) in [5.41, 5.74) is 0.303. The lowest BCUT2D eigenvalue weighted by atomic mass is 9.94. The molecule has 1 aromatic heterocycles. The van der Waals surface area contributed by atoms with E-state index in [0.717, 1.165) is 0 Å². The van der Waals surface area contributed by atoms with Crippen LogP contribution in [0.2, 0.25) is 0 Å². The zero-order chi connectivity index (χ0) is 13.5. The highest BCUT2D eigenvalue weighted by molar-refractivity contribution is 6.10. The molecule has 0 saturated carbocycles. The first kappa shape index (κ1) is 14.0. The molecule has 0 N–H and O–H groups in total. The van der Waals surface area contributed by atoms with Crippen LogP contribution in [0.5, 0.6) is 0 Å². The molecule has 1 aromatic rings. The third-order valence-corrected chi connectivity index (χ3v) is 2.33. The molecule has 18 heavy (non-hydrogen) atoms. The van der Waals surface area contributed by atoms with Gasteiger partial charge in [0.25, 0.3) is 0 Å². The number of Topliss-reactive ketones (excluding diaryl/α,β-unsaturated/α-hetero) is 2.